The average molecular weight is 343 g/mol. The number of rotatable bonds is 6. The summed E-state index contributed by atoms with van der Waals surface area (Å²) in [7, 11) is -1.35. The Kier molecular flexibility index (Phi) is 6.88. The highest BCUT2D eigenvalue weighted by Gasteiger charge is 2.24. The van der Waals surface area contributed by atoms with Crippen LogP contribution >= 0.6 is 12.4 Å². The van der Waals surface area contributed by atoms with Crippen molar-refractivity contribution in [2.24, 2.45) is 5.73 Å². The predicted octanol–water partition coefficient (Wildman–Crippen LogP) is 1.28. The lowest BCUT2D eigenvalue weighted by Crippen LogP contribution is -2.45. The van der Waals surface area contributed by atoms with Crippen LogP contribution in [-0.4, -0.2) is 34.7 Å². The third-order valence-electron chi connectivity index (χ3n) is 2.45. The number of nitrogens with two attached hydrogens (primary N) is 1. The van der Waals surface area contributed by atoms with Crippen LogP contribution in [0.3, 0.4) is 0 Å². The lowest BCUT2D eigenvalue weighted by molar-refractivity contribution is 0.350. The van der Waals surface area contributed by atoms with Gasteiger partial charge in [0.2, 0.25) is 10.0 Å². The first-order chi connectivity index (χ1) is 9.10. The molecule has 0 aliphatic heterocycles. The highest BCUT2D eigenvalue weighted by molar-refractivity contribution is 7.89. The van der Waals surface area contributed by atoms with Crippen molar-refractivity contribution in [3.63, 3.8) is 0 Å². The molecule has 0 aliphatic rings. The zero-order valence-corrected chi connectivity index (χ0v) is 13.9. The van der Waals surface area contributed by atoms with E-state index in [4.69, 9.17) is 15.2 Å². The molecule has 0 spiro atoms. The largest absolute Gasteiger partial charge is 0.493 e. The third-order valence-corrected chi connectivity index (χ3v) is 3.86. The summed E-state index contributed by atoms with van der Waals surface area (Å²) in [6.07, 6.45) is 0. The first-order valence-corrected chi connectivity index (χ1v) is 7.29. The molecule has 0 saturated heterocycles. The molecule has 0 atom stereocenters. The monoisotopic (exact) mass is 342 g/mol. The van der Waals surface area contributed by atoms with Crippen molar-refractivity contribution in [2.75, 3.05) is 20.8 Å². The molecular formula is C12H20ClFN2O4S. The van der Waals surface area contributed by atoms with Gasteiger partial charge in [0, 0.05) is 24.2 Å². The fourth-order valence-corrected chi connectivity index (χ4v) is 2.70. The van der Waals surface area contributed by atoms with Crippen LogP contribution in [0.5, 0.6) is 11.5 Å². The van der Waals surface area contributed by atoms with E-state index in [1.54, 1.807) is 13.8 Å². The van der Waals surface area contributed by atoms with Crippen LogP contribution in [-0.2, 0) is 10.0 Å². The highest BCUT2D eigenvalue weighted by Crippen LogP contribution is 2.31. The molecule has 0 amide bonds. The van der Waals surface area contributed by atoms with E-state index in [1.165, 1.54) is 14.2 Å². The van der Waals surface area contributed by atoms with Crippen LogP contribution < -0.4 is 19.9 Å². The average Bonchev–Trinajstić information content (AvgIpc) is 2.35. The van der Waals surface area contributed by atoms with Gasteiger partial charge in [-0.25, -0.2) is 17.5 Å². The van der Waals surface area contributed by atoms with Crippen LogP contribution in [0.4, 0.5) is 4.39 Å². The maximum absolute atomic E-state index is 13.9. The fraction of sp³-hybridized carbons (Fsp3) is 0.500. The van der Waals surface area contributed by atoms with Crippen LogP contribution in [0.1, 0.15) is 13.8 Å². The number of hydrogen-bond acceptors (Lipinski definition) is 5. The molecule has 0 aliphatic carbocycles. The molecule has 1 rings (SSSR count). The molecule has 0 aromatic heterocycles. The lowest BCUT2D eigenvalue weighted by atomic mass is 10.1. The molecule has 122 valence electrons. The summed E-state index contributed by atoms with van der Waals surface area (Å²) in [5, 5.41) is 0. The Morgan fingerprint density at radius 3 is 2.14 bits per heavy atom. The summed E-state index contributed by atoms with van der Waals surface area (Å²) < 4.78 is 50.1. The number of ether oxygens (including phenoxy) is 2. The van der Waals surface area contributed by atoms with E-state index in [0.717, 1.165) is 12.1 Å². The van der Waals surface area contributed by atoms with Crippen molar-refractivity contribution in [2.45, 2.75) is 24.3 Å². The molecule has 0 unspecified atom stereocenters. The maximum Gasteiger partial charge on any atom is 0.243 e. The van der Waals surface area contributed by atoms with Gasteiger partial charge in [-0.1, -0.05) is 0 Å². The predicted molar refractivity (Wildman–Crippen MR) is 80.2 cm³/mol. The summed E-state index contributed by atoms with van der Waals surface area (Å²) in [4.78, 5) is -0.514. The normalized spacial score (nSPS) is 11.7. The Morgan fingerprint density at radius 2 is 1.71 bits per heavy atom. The van der Waals surface area contributed by atoms with Gasteiger partial charge in [-0.05, 0) is 13.8 Å². The van der Waals surface area contributed by atoms with Crippen molar-refractivity contribution in [3.8, 4) is 11.5 Å². The minimum Gasteiger partial charge on any atom is -0.493 e. The molecule has 1 aromatic carbocycles. The summed E-state index contributed by atoms with van der Waals surface area (Å²) in [6, 6.07) is 2.03. The first-order valence-electron chi connectivity index (χ1n) is 5.81. The van der Waals surface area contributed by atoms with Gasteiger partial charge in [0.15, 0.2) is 11.5 Å². The van der Waals surface area contributed by atoms with Gasteiger partial charge < -0.3 is 15.2 Å². The second-order valence-corrected chi connectivity index (χ2v) is 6.69. The van der Waals surface area contributed by atoms with E-state index >= 15 is 0 Å². The molecule has 0 fully saturated rings. The van der Waals surface area contributed by atoms with Crippen molar-refractivity contribution in [1.29, 1.82) is 0 Å². The van der Waals surface area contributed by atoms with E-state index < -0.39 is 26.3 Å². The number of nitrogens with one attached hydrogen (secondary N) is 1. The smallest absolute Gasteiger partial charge is 0.243 e. The SMILES string of the molecule is COc1cc(F)c(S(=O)(=O)NCC(C)(C)N)cc1OC.Cl. The number of halogens is 2. The van der Waals surface area contributed by atoms with Gasteiger partial charge in [-0.15, -0.1) is 12.4 Å². The fourth-order valence-electron chi connectivity index (χ4n) is 1.40. The molecule has 6 nitrogen and oxygen atoms in total. The lowest BCUT2D eigenvalue weighted by Gasteiger charge is -2.19. The Balaban J connectivity index is 0.00000400. The number of methoxy groups -OCH3 is 2. The van der Waals surface area contributed by atoms with Crippen molar-refractivity contribution in [1.82, 2.24) is 4.72 Å². The Hall–Kier alpha value is -1.09. The molecule has 21 heavy (non-hydrogen) atoms. The highest BCUT2D eigenvalue weighted by atomic mass is 35.5. The summed E-state index contributed by atoms with van der Waals surface area (Å²) in [5.74, 6) is -0.686. The van der Waals surface area contributed by atoms with Gasteiger partial charge >= 0.3 is 0 Å². The number of hydrogen-bond donors (Lipinski definition) is 2. The molecule has 0 bridgehead atoms. The molecule has 9 heteroatoms. The van der Waals surface area contributed by atoms with E-state index in [2.05, 4.69) is 4.72 Å². The van der Waals surface area contributed by atoms with Crippen LogP contribution in [0, 0.1) is 5.82 Å². The zero-order chi connectivity index (χ0) is 15.6. The van der Waals surface area contributed by atoms with E-state index in [0.29, 0.717) is 0 Å². The topological polar surface area (TPSA) is 90.7 Å². The summed E-state index contributed by atoms with van der Waals surface area (Å²) >= 11 is 0. The van der Waals surface area contributed by atoms with Crippen molar-refractivity contribution >= 4 is 22.4 Å². The van der Waals surface area contributed by atoms with Crippen LogP contribution in [0.25, 0.3) is 0 Å². The molecule has 0 heterocycles. The maximum atomic E-state index is 13.9. The summed E-state index contributed by atoms with van der Waals surface area (Å²) in [5.41, 5.74) is 4.95. The van der Waals surface area contributed by atoms with Gasteiger partial charge in [0.05, 0.1) is 14.2 Å². The van der Waals surface area contributed by atoms with Gasteiger partial charge in [0.1, 0.15) is 10.7 Å². The van der Waals surface area contributed by atoms with Gasteiger partial charge in [0.25, 0.3) is 0 Å². The quantitative estimate of drug-likeness (QED) is 0.812. The second-order valence-electron chi connectivity index (χ2n) is 4.95. The van der Waals surface area contributed by atoms with Gasteiger partial charge in [-0.2, -0.15) is 0 Å². The third kappa shape index (κ3) is 5.31. The molecule has 3 N–H and O–H groups in total. The van der Waals surface area contributed by atoms with E-state index in [9.17, 15) is 12.8 Å². The van der Waals surface area contributed by atoms with Gasteiger partial charge in [-0.3, -0.25) is 0 Å². The van der Waals surface area contributed by atoms with Crippen molar-refractivity contribution in [3.05, 3.63) is 17.9 Å². The Morgan fingerprint density at radius 1 is 1.24 bits per heavy atom. The van der Waals surface area contributed by atoms with Crippen molar-refractivity contribution < 1.29 is 22.3 Å². The second kappa shape index (κ2) is 7.26. The molecule has 0 radical (unpaired) electrons. The number of sulfonamides is 1. The Bertz CT molecular complexity index is 588. The minimum absolute atomic E-state index is 0. The standard InChI is InChI=1S/C12H19FN2O4S.ClH/c1-12(2,14)7-15-20(16,17)11-6-10(19-4)9(18-3)5-8(11)13;/h5-6,15H,7,14H2,1-4H3;1H. The van der Waals surface area contributed by atoms with Crippen LogP contribution in [0.2, 0.25) is 0 Å². The summed E-state index contributed by atoms with van der Waals surface area (Å²) in [6.45, 7) is 3.28. The Labute approximate surface area is 130 Å². The zero-order valence-electron chi connectivity index (χ0n) is 12.3. The first kappa shape index (κ1) is 19.9. The van der Waals surface area contributed by atoms with Crippen LogP contribution in [0.15, 0.2) is 17.0 Å². The molecular weight excluding hydrogens is 323 g/mol. The molecule has 0 saturated carbocycles. The molecule has 1 aromatic rings. The minimum atomic E-state index is -4.02. The number of benzene rings is 1. The van der Waals surface area contributed by atoms with E-state index in [-0.39, 0.29) is 30.5 Å². The van der Waals surface area contributed by atoms with E-state index in [1.807, 2.05) is 0 Å².